The Morgan fingerprint density at radius 1 is 1.67 bits per heavy atom. The number of hydrogen-bond donors (Lipinski definition) is 2. The highest BCUT2D eigenvalue weighted by atomic mass is 16.1. The molecule has 2 rings (SSSR count). The minimum absolute atomic E-state index is 0.0615. The Bertz CT molecular complexity index is 335. The van der Waals surface area contributed by atoms with E-state index in [4.69, 9.17) is 0 Å². The van der Waals surface area contributed by atoms with Gasteiger partial charge in [-0.25, -0.2) is 0 Å². The first-order valence-electron chi connectivity index (χ1n) is 5.19. The van der Waals surface area contributed by atoms with Crippen molar-refractivity contribution in [3.8, 4) is 0 Å². The fraction of sp³-hybridized carbons (Fsp3) is 0.455. The van der Waals surface area contributed by atoms with Crippen molar-refractivity contribution in [1.29, 1.82) is 0 Å². The number of anilines is 1. The van der Waals surface area contributed by atoms with Crippen molar-refractivity contribution in [2.24, 2.45) is 11.8 Å². The van der Waals surface area contributed by atoms with E-state index in [2.05, 4.69) is 15.6 Å². The van der Waals surface area contributed by atoms with Crippen molar-refractivity contribution in [3.05, 3.63) is 24.5 Å². The molecule has 1 aliphatic heterocycles. The maximum atomic E-state index is 11.8. The van der Waals surface area contributed by atoms with Gasteiger partial charge in [-0.1, -0.05) is 6.92 Å². The lowest BCUT2D eigenvalue weighted by Gasteiger charge is -2.31. The Balaban J connectivity index is 1.91. The molecule has 0 bridgehead atoms. The normalized spacial score (nSPS) is 17.9. The van der Waals surface area contributed by atoms with Gasteiger partial charge in [-0.2, -0.15) is 0 Å². The molecule has 1 unspecified atom stereocenters. The molecule has 1 fully saturated rings. The largest absolute Gasteiger partial charge is 0.324 e. The van der Waals surface area contributed by atoms with Crippen molar-refractivity contribution < 1.29 is 4.79 Å². The molecule has 1 aromatic heterocycles. The second kappa shape index (κ2) is 4.40. The predicted octanol–water partition coefficient (Wildman–Crippen LogP) is 0.876. The third kappa shape index (κ3) is 2.33. The number of carbonyl (C=O) groups excluding carboxylic acids is 1. The minimum atomic E-state index is 0.0615. The maximum Gasteiger partial charge on any atom is 0.227 e. The topological polar surface area (TPSA) is 54.0 Å². The van der Waals surface area contributed by atoms with Crippen molar-refractivity contribution >= 4 is 11.6 Å². The summed E-state index contributed by atoms with van der Waals surface area (Å²) in [6.07, 6.45) is 3.35. The number of amides is 1. The van der Waals surface area contributed by atoms with Crippen molar-refractivity contribution in [2.45, 2.75) is 6.92 Å². The van der Waals surface area contributed by atoms with E-state index >= 15 is 0 Å². The van der Waals surface area contributed by atoms with Gasteiger partial charge in [0.05, 0.1) is 11.9 Å². The van der Waals surface area contributed by atoms with Crippen LogP contribution in [0.5, 0.6) is 0 Å². The van der Waals surface area contributed by atoms with Gasteiger partial charge >= 0.3 is 0 Å². The van der Waals surface area contributed by atoms with Crippen molar-refractivity contribution in [1.82, 2.24) is 10.3 Å². The van der Waals surface area contributed by atoms with Crippen molar-refractivity contribution in [2.75, 3.05) is 18.4 Å². The van der Waals surface area contributed by atoms with Gasteiger partial charge in [-0.05, 0) is 31.1 Å². The summed E-state index contributed by atoms with van der Waals surface area (Å²) in [4.78, 5) is 15.7. The Hall–Kier alpha value is -1.42. The molecule has 0 spiro atoms. The third-order valence-corrected chi connectivity index (χ3v) is 2.86. The summed E-state index contributed by atoms with van der Waals surface area (Å²) in [6.45, 7) is 3.86. The number of nitrogens with zero attached hydrogens (tertiary/aromatic N) is 1. The SMILES string of the molecule is CC(C(=O)Nc1cccnc1)C1CNC1. The molecule has 2 N–H and O–H groups in total. The fourth-order valence-electron chi connectivity index (χ4n) is 1.57. The maximum absolute atomic E-state index is 11.8. The summed E-state index contributed by atoms with van der Waals surface area (Å²) in [5, 5.41) is 6.03. The van der Waals surface area contributed by atoms with E-state index in [1.165, 1.54) is 0 Å². The summed E-state index contributed by atoms with van der Waals surface area (Å²) in [6, 6.07) is 3.65. The molecule has 2 heterocycles. The lowest BCUT2D eigenvalue weighted by molar-refractivity contribution is -0.121. The van der Waals surface area contributed by atoms with Crippen LogP contribution in [0.15, 0.2) is 24.5 Å². The molecule has 1 saturated heterocycles. The Morgan fingerprint density at radius 3 is 3.00 bits per heavy atom. The molecule has 0 aromatic carbocycles. The number of aromatic nitrogens is 1. The number of nitrogens with one attached hydrogen (secondary N) is 2. The summed E-state index contributed by atoms with van der Waals surface area (Å²) in [5.74, 6) is 0.614. The lowest BCUT2D eigenvalue weighted by atomic mass is 9.88. The fourth-order valence-corrected chi connectivity index (χ4v) is 1.57. The van der Waals surface area contributed by atoms with Crippen LogP contribution in [0.3, 0.4) is 0 Å². The van der Waals surface area contributed by atoms with Crippen LogP contribution in [0, 0.1) is 11.8 Å². The number of hydrogen-bond acceptors (Lipinski definition) is 3. The van der Waals surface area contributed by atoms with Crippen LogP contribution in [-0.2, 0) is 4.79 Å². The van der Waals surface area contributed by atoms with Crippen LogP contribution in [0.4, 0.5) is 5.69 Å². The molecule has 1 amide bonds. The Kier molecular flexibility index (Phi) is 2.97. The third-order valence-electron chi connectivity index (χ3n) is 2.86. The quantitative estimate of drug-likeness (QED) is 0.770. The van der Waals surface area contributed by atoms with E-state index in [-0.39, 0.29) is 11.8 Å². The van der Waals surface area contributed by atoms with Gasteiger partial charge in [0.25, 0.3) is 0 Å². The molecule has 15 heavy (non-hydrogen) atoms. The second-order valence-corrected chi connectivity index (χ2v) is 3.94. The molecule has 0 aliphatic carbocycles. The van der Waals surface area contributed by atoms with Gasteiger partial charge < -0.3 is 10.6 Å². The van der Waals surface area contributed by atoms with Gasteiger partial charge in [-0.15, -0.1) is 0 Å². The number of rotatable bonds is 3. The van der Waals surface area contributed by atoms with E-state index in [0.29, 0.717) is 5.92 Å². The molecule has 1 atom stereocenters. The van der Waals surface area contributed by atoms with E-state index < -0.39 is 0 Å². The van der Waals surface area contributed by atoms with Gasteiger partial charge in [0.2, 0.25) is 5.91 Å². The molecular weight excluding hydrogens is 190 g/mol. The first kappa shape index (κ1) is 10.1. The van der Waals surface area contributed by atoms with Gasteiger partial charge in [-0.3, -0.25) is 9.78 Å². The minimum Gasteiger partial charge on any atom is -0.324 e. The molecule has 4 nitrogen and oxygen atoms in total. The van der Waals surface area contributed by atoms with Crippen LogP contribution < -0.4 is 10.6 Å². The molecule has 0 saturated carbocycles. The zero-order valence-corrected chi connectivity index (χ0v) is 8.73. The number of carbonyl (C=O) groups is 1. The predicted molar refractivity (Wildman–Crippen MR) is 58.4 cm³/mol. The summed E-state index contributed by atoms with van der Waals surface area (Å²) >= 11 is 0. The summed E-state index contributed by atoms with van der Waals surface area (Å²) < 4.78 is 0. The smallest absolute Gasteiger partial charge is 0.227 e. The molecule has 4 heteroatoms. The first-order chi connectivity index (χ1) is 7.27. The lowest BCUT2D eigenvalue weighted by Crippen LogP contribution is -2.48. The average molecular weight is 205 g/mol. The van der Waals surface area contributed by atoms with Crippen LogP contribution in [0.25, 0.3) is 0 Å². The van der Waals surface area contributed by atoms with E-state index in [1.807, 2.05) is 19.1 Å². The Morgan fingerprint density at radius 2 is 2.47 bits per heavy atom. The second-order valence-electron chi connectivity index (χ2n) is 3.94. The van der Waals surface area contributed by atoms with Crippen molar-refractivity contribution in [3.63, 3.8) is 0 Å². The molecule has 1 aromatic rings. The van der Waals surface area contributed by atoms with E-state index in [0.717, 1.165) is 18.8 Å². The highest BCUT2D eigenvalue weighted by Crippen LogP contribution is 2.17. The highest BCUT2D eigenvalue weighted by molar-refractivity contribution is 5.92. The first-order valence-corrected chi connectivity index (χ1v) is 5.19. The number of pyridine rings is 1. The van der Waals surface area contributed by atoms with Gasteiger partial charge in [0, 0.05) is 12.1 Å². The summed E-state index contributed by atoms with van der Waals surface area (Å²) in [7, 11) is 0. The standard InChI is InChI=1S/C11H15N3O/c1-8(9-5-13-6-9)11(15)14-10-3-2-4-12-7-10/h2-4,7-9,13H,5-6H2,1H3,(H,14,15). The zero-order chi connectivity index (χ0) is 10.7. The highest BCUT2D eigenvalue weighted by Gasteiger charge is 2.28. The summed E-state index contributed by atoms with van der Waals surface area (Å²) in [5.41, 5.74) is 0.765. The van der Waals surface area contributed by atoms with Crippen LogP contribution in [0.1, 0.15) is 6.92 Å². The molecular formula is C11H15N3O. The Labute approximate surface area is 89.1 Å². The molecule has 80 valence electrons. The molecule has 1 aliphatic rings. The molecule has 0 radical (unpaired) electrons. The van der Waals surface area contributed by atoms with Gasteiger partial charge in [0.1, 0.15) is 0 Å². The van der Waals surface area contributed by atoms with Crippen LogP contribution in [0.2, 0.25) is 0 Å². The van der Waals surface area contributed by atoms with Crippen LogP contribution >= 0.6 is 0 Å². The van der Waals surface area contributed by atoms with E-state index in [9.17, 15) is 4.79 Å². The van der Waals surface area contributed by atoms with Gasteiger partial charge in [0.15, 0.2) is 0 Å². The van der Waals surface area contributed by atoms with E-state index in [1.54, 1.807) is 12.4 Å². The zero-order valence-electron chi connectivity index (χ0n) is 8.73. The average Bonchev–Trinajstić information content (AvgIpc) is 2.16. The monoisotopic (exact) mass is 205 g/mol. The van der Waals surface area contributed by atoms with Crippen LogP contribution in [-0.4, -0.2) is 24.0 Å².